The average molecular weight is 277 g/mol. The van der Waals surface area contributed by atoms with Gasteiger partial charge in [-0.1, -0.05) is 6.07 Å². The van der Waals surface area contributed by atoms with Crippen molar-refractivity contribution in [2.24, 2.45) is 5.92 Å². The van der Waals surface area contributed by atoms with Gasteiger partial charge < -0.3 is 20.7 Å². The van der Waals surface area contributed by atoms with E-state index in [1.165, 1.54) is 20.0 Å². The predicted octanol–water partition coefficient (Wildman–Crippen LogP) is 1.68. The first kappa shape index (κ1) is 14.8. The van der Waals surface area contributed by atoms with Gasteiger partial charge in [0.05, 0.1) is 0 Å². The van der Waals surface area contributed by atoms with Gasteiger partial charge in [-0.15, -0.1) is 0 Å². The lowest BCUT2D eigenvalue weighted by Gasteiger charge is -2.23. The molecule has 110 valence electrons. The van der Waals surface area contributed by atoms with Gasteiger partial charge in [0.15, 0.2) is 0 Å². The molecule has 1 aliphatic rings. The van der Waals surface area contributed by atoms with Crippen LogP contribution in [0, 0.1) is 5.92 Å². The summed E-state index contributed by atoms with van der Waals surface area (Å²) in [5.41, 5.74) is 1.82. The van der Waals surface area contributed by atoms with Crippen LogP contribution >= 0.6 is 0 Å². The Morgan fingerprint density at radius 3 is 3.05 bits per heavy atom. The van der Waals surface area contributed by atoms with Crippen molar-refractivity contribution in [3.63, 3.8) is 0 Å². The molecule has 5 heteroatoms. The summed E-state index contributed by atoms with van der Waals surface area (Å²) in [6, 6.07) is 7.77. The highest BCUT2D eigenvalue weighted by Gasteiger charge is 2.12. The quantitative estimate of drug-likeness (QED) is 0.740. The highest BCUT2D eigenvalue weighted by Crippen LogP contribution is 2.17. The van der Waals surface area contributed by atoms with E-state index in [0.717, 1.165) is 31.0 Å². The molecule has 0 spiro atoms. The molecular weight excluding hydrogens is 254 g/mol. The lowest BCUT2D eigenvalue weighted by Crippen LogP contribution is -2.33. The van der Waals surface area contributed by atoms with Crippen molar-refractivity contribution in [2.75, 3.05) is 44.0 Å². The van der Waals surface area contributed by atoms with E-state index < -0.39 is 0 Å². The number of piperidine rings is 1. The molecule has 1 aromatic rings. The van der Waals surface area contributed by atoms with Crippen LogP contribution in [0.15, 0.2) is 24.3 Å². The van der Waals surface area contributed by atoms with E-state index in [4.69, 9.17) is 4.74 Å². The number of hydrogen-bond donors (Lipinski definition) is 3. The number of hydrogen-bond acceptors (Lipinski definition) is 4. The van der Waals surface area contributed by atoms with Gasteiger partial charge in [-0.25, -0.2) is 0 Å². The van der Waals surface area contributed by atoms with Gasteiger partial charge >= 0.3 is 0 Å². The van der Waals surface area contributed by atoms with Crippen molar-refractivity contribution < 1.29 is 9.53 Å². The first-order valence-electron chi connectivity index (χ1n) is 7.11. The zero-order chi connectivity index (χ0) is 14.2. The molecular formula is C15H23N3O2. The predicted molar refractivity (Wildman–Crippen MR) is 81.0 cm³/mol. The van der Waals surface area contributed by atoms with Crippen LogP contribution in [0.25, 0.3) is 0 Å². The van der Waals surface area contributed by atoms with Crippen molar-refractivity contribution in [3.05, 3.63) is 24.3 Å². The molecule has 1 amide bonds. The summed E-state index contributed by atoms with van der Waals surface area (Å²) in [4.78, 5) is 11.5. The second-order valence-electron chi connectivity index (χ2n) is 5.16. The molecule has 1 aromatic carbocycles. The SMILES string of the molecule is COCC(=O)Nc1cccc(NCC2CCCNC2)c1. The minimum atomic E-state index is -0.138. The third-order valence-electron chi connectivity index (χ3n) is 3.42. The van der Waals surface area contributed by atoms with Crippen LogP contribution in [0.5, 0.6) is 0 Å². The molecule has 0 saturated carbocycles. The normalized spacial score (nSPS) is 18.6. The molecule has 0 bridgehead atoms. The third-order valence-corrected chi connectivity index (χ3v) is 3.42. The number of amides is 1. The molecule has 3 N–H and O–H groups in total. The van der Waals surface area contributed by atoms with Crippen LogP contribution in [-0.4, -0.2) is 39.3 Å². The van der Waals surface area contributed by atoms with E-state index in [1.54, 1.807) is 0 Å². The highest BCUT2D eigenvalue weighted by molar-refractivity contribution is 5.92. The van der Waals surface area contributed by atoms with Crippen LogP contribution in [0.4, 0.5) is 11.4 Å². The number of ether oxygens (including phenoxy) is 1. The van der Waals surface area contributed by atoms with Crippen molar-refractivity contribution in [1.29, 1.82) is 0 Å². The van der Waals surface area contributed by atoms with Crippen LogP contribution in [-0.2, 0) is 9.53 Å². The fraction of sp³-hybridized carbons (Fsp3) is 0.533. The number of methoxy groups -OCH3 is 1. The molecule has 1 fully saturated rings. The lowest BCUT2D eigenvalue weighted by atomic mass is 10.00. The van der Waals surface area contributed by atoms with Gasteiger partial charge in [0, 0.05) is 25.0 Å². The summed E-state index contributed by atoms with van der Waals surface area (Å²) in [5.74, 6) is 0.539. The Labute approximate surface area is 120 Å². The van der Waals surface area contributed by atoms with Gasteiger partial charge in [-0.3, -0.25) is 4.79 Å². The van der Waals surface area contributed by atoms with Crippen molar-refractivity contribution in [2.45, 2.75) is 12.8 Å². The Balaban J connectivity index is 1.83. The molecule has 20 heavy (non-hydrogen) atoms. The second kappa shape index (κ2) is 7.87. The number of nitrogens with one attached hydrogen (secondary N) is 3. The van der Waals surface area contributed by atoms with Crippen LogP contribution in [0.2, 0.25) is 0 Å². The fourth-order valence-corrected chi connectivity index (χ4v) is 2.40. The van der Waals surface area contributed by atoms with Gasteiger partial charge in [-0.2, -0.15) is 0 Å². The number of rotatable bonds is 6. The van der Waals surface area contributed by atoms with Gasteiger partial charge in [0.25, 0.3) is 0 Å². The first-order valence-corrected chi connectivity index (χ1v) is 7.11. The summed E-state index contributed by atoms with van der Waals surface area (Å²) in [7, 11) is 1.51. The van der Waals surface area contributed by atoms with Crippen LogP contribution in [0.1, 0.15) is 12.8 Å². The Morgan fingerprint density at radius 1 is 1.45 bits per heavy atom. The van der Waals surface area contributed by atoms with Crippen LogP contribution < -0.4 is 16.0 Å². The maximum Gasteiger partial charge on any atom is 0.250 e. The topological polar surface area (TPSA) is 62.4 Å². The molecule has 1 saturated heterocycles. The third kappa shape index (κ3) is 4.83. The van der Waals surface area contributed by atoms with Crippen molar-refractivity contribution >= 4 is 17.3 Å². The molecule has 1 aliphatic heterocycles. The highest BCUT2D eigenvalue weighted by atomic mass is 16.5. The zero-order valence-corrected chi connectivity index (χ0v) is 11.9. The minimum Gasteiger partial charge on any atom is -0.385 e. The van der Waals surface area contributed by atoms with E-state index in [-0.39, 0.29) is 12.5 Å². The standard InChI is InChI=1S/C15H23N3O2/c1-20-11-15(19)18-14-6-2-5-13(8-14)17-10-12-4-3-7-16-9-12/h2,5-6,8,12,16-17H,3-4,7,9-11H2,1H3,(H,18,19). The van der Waals surface area contributed by atoms with Gasteiger partial charge in [-0.05, 0) is 50.0 Å². The Kier molecular flexibility index (Phi) is 5.83. The molecule has 2 rings (SSSR count). The minimum absolute atomic E-state index is 0.0748. The van der Waals surface area contributed by atoms with Crippen molar-refractivity contribution in [1.82, 2.24) is 5.32 Å². The molecule has 5 nitrogen and oxygen atoms in total. The average Bonchev–Trinajstić information content (AvgIpc) is 2.47. The van der Waals surface area contributed by atoms with E-state index in [9.17, 15) is 4.79 Å². The van der Waals surface area contributed by atoms with Crippen molar-refractivity contribution in [3.8, 4) is 0 Å². The van der Waals surface area contributed by atoms with Gasteiger partial charge in [0.1, 0.15) is 6.61 Å². The zero-order valence-electron chi connectivity index (χ0n) is 11.9. The Morgan fingerprint density at radius 2 is 2.30 bits per heavy atom. The summed E-state index contributed by atoms with van der Waals surface area (Å²) in [6.07, 6.45) is 2.52. The fourth-order valence-electron chi connectivity index (χ4n) is 2.40. The van der Waals surface area contributed by atoms with Gasteiger partial charge in [0.2, 0.25) is 5.91 Å². The Hall–Kier alpha value is -1.59. The summed E-state index contributed by atoms with van der Waals surface area (Å²) in [5, 5.41) is 9.65. The number of carbonyl (C=O) groups is 1. The smallest absolute Gasteiger partial charge is 0.250 e. The number of benzene rings is 1. The molecule has 1 atom stereocenters. The van der Waals surface area contributed by atoms with E-state index >= 15 is 0 Å². The van der Waals surface area contributed by atoms with E-state index in [0.29, 0.717) is 5.92 Å². The number of anilines is 2. The summed E-state index contributed by atoms with van der Waals surface area (Å²) >= 11 is 0. The lowest BCUT2D eigenvalue weighted by molar-refractivity contribution is -0.119. The molecule has 0 aliphatic carbocycles. The monoisotopic (exact) mass is 277 g/mol. The summed E-state index contributed by atoms with van der Waals surface area (Å²) in [6.45, 7) is 3.25. The maximum atomic E-state index is 11.5. The van der Waals surface area contributed by atoms with E-state index in [1.807, 2.05) is 24.3 Å². The summed E-state index contributed by atoms with van der Waals surface area (Å²) < 4.78 is 4.80. The van der Waals surface area contributed by atoms with E-state index in [2.05, 4.69) is 16.0 Å². The second-order valence-corrected chi connectivity index (χ2v) is 5.16. The Bertz CT molecular complexity index is 431. The number of carbonyl (C=O) groups excluding carboxylic acids is 1. The molecule has 0 aromatic heterocycles. The molecule has 0 radical (unpaired) electrons. The largest absolute Gasteiger partial charge is 0.385 e. The molecule has 1 unspecified atom stereocenters. The van der Waals surface area contributed by atoms with Crippen LogP contribution in [0.3, 0.4) is 0 Å². The molecule has 1 heterocycles. The maximum absolute atomic E-state index is 11.5. The first-order chi connectivity index (χ1) is 9.78.